The topological polar surface area (TPSA) is 55.8 Å². The number of aliphatic carboxylic acids is 1. The lowest BCUT2D eigenvalue weighted by atomic mass is 10.0. The molecule has 0 aromatic heterocycles. The van der Waals surface area contributed by atoms with E-state index >= 15 is 0 Å². The minimum Gasteiger partial charge on any atom is -0.493 e. The van der Waals surface area contributed by atoms with Crippen LogP contribution in [0, 0.1) is 0 Å². The second kappa shape index (κ2) is 7.46. The Morgan fingerprint density at radius 3 is 2.47 bits per heavy atom. The maximum absolute atomic E-state index is 11.2. The second-order valence-electron chi connectivity index (χ2n) is 4.19. The molecule has 19 heavy (non-hydrogen) atoms. The Morgan fingerprint density at radius 2 is 1.95 bits per heavy atom. The van der Waals surface area contributed by atoms with E-state index in [9.17, 15) is 4.79 Å². The molecule has 0 saturated heterocycles. The van der Waals surface area contributed by atoms with Crippen LogP contribution in [0.2, 0.25) is 0 Å². The van der Waals surface area contributed by atoms with E-state index in [0.717, 1.165) is 18.4 Å². The lowest BCUT2D eigenvalue weighted by molar-refractivity contribution is -0.132. The van der Waals surface area contributed by atoms with Crippen molar-refractivity contribution in [2.24, 2.45) is 0 Å². The summed E-state index contributed by atoms with van der Waals surface area (Å²) in [6.07, 6.45) is 4.09. The van der Waals surface area contributed by atoms with Gasteiger partial charge < -0.3 is 14.6 Å². The number of carbonyl (C=O) groups is 1. The summed E-state index contributed by atoms with van der Waals surface area (Å²) in [6.45, 7) is 2.04. The van der Waals surface area contributed by atoms with Gasteiger partial charge in [-0.05, 0) is 36.6 Å². The quantitative estimate of drug-likeness (QED) is 0.767. The van der Waals surface area contributed by atoms with E-state index in [4.69, 9.17) is 14.6 Å². The van der Waals surface area contributed by atoms with Gasteiger partial charge in [-0.25, -0.2) is 4.79 Å². The van der Waals surface area contributed by atoms with Crippen molar-refractivity contribution in [3.63, 3.8) is 0 Å². The highest BCUT2D eigenvalue weighted by atomic mass is 16.5. The second-order valence-corrected chi connectivity index (χ2v) is 4.19. The lowest BCUT2D eigenvalue weighted by Gasteiger charge is -2.08. The van der Waals surface area contributed by atoms with E-state index in [1.165, 1.54) is 0 Å². The van der Waals surface area contributed by atoms with Crippen LogP contribution in [0.25, 0.3) is 6.08 Å². The highest BCUT2D eigenvalue weighted by Crippen LogP contribution is 2.28. The average molecular weight is 264 g/mol. The first-order chi connectivity index (χ1) is 9.12. The molecule has 0 bridgehead atoms. The Kier molecular flexibility index (Phi) is 5.93. The van der Waals surface area contributed by atoms with Gasteiger partial charge >= 0.3 is 5.97 Å². The standard InChI is InChI=1S/C15H20O4/c1-4-5-6-12(15(16)17)9-11-7-8-13(18-2)14(10-11)19-3/h7-10H,4-6H2,1-3H3,(H,16,17)/b12-9+. The van der Waals surface area contributed by atoms with Crippen LogP contribution in [-0.4, -0.2) is 25.3 Å². The number of unbranched alkanes of at least 4 members (excludes halogenated alkanes) is 1. The molecule has 0 atom stereocenters. The molecule has 0 saturated carbocycles. The summed E-state index contributed by atoms with van der Waals surface area (Å²) in [6, 6.07) is 5.36. The molecule has 0 spiro atoms. The summed E-state index contributed by atoms with van der Waals surface area (Å²) in [4.78, 5) is 11.2. The Labute approximate surface area is 113 Å². The molecular formula is C15H20O4. The fourth-order valence-electron chi connectivity index (χ4n) is 1.75. The van der Waals surface area contributed by atoms with Gasteiger partial charge in [-0.1, -0.05) is 19.4 Å². The molecule has 0 aliphatic rings. The van der Waals surface area contributed by atoms with E-state index in [2.05, 4.69) is 0 Å². The van der Waals surface area contributed by atoms with Crippen LogP contribution >= 0.6 is 0 Å². The molecule has 104 valence electrons. The molecule has 0 unspecified atom stereocenters. The van der Waals surface area contributed by atoms with Gasteiger partial charge in [-0.15, -0.1) is 0 Å². The molecule has 0 heterocycles. The van der Waals surface area contributed by atoms with Crippen molar-refractivity contribution in [3.8, 4) is 11.5 Å². The van der Waals surface area contributed by atoms with Crippen molar-refractivity contribution in [1.82, 2.24) is 0 Å². The zero-order valence-electron chi connectivity index (χ0n) is 11.6. The SMILES string of the molecule is CCCC/C(=C\c1ccc(OC)c(OC)c1)C(=O)O. The number of hydrogen-bond donors (Lipinski definition) is 1. The van der Waals surface area contributed by atoms with Gasteiger partial charge in [0.05, 0.1) is 14.2 Å². The van der Waals surface area contributed by atoms with Gasteiger partial charge in [0.25, 0.3) is 0 Å². The van der Waals surface area contributed by atoms with Gasteiger partial charge in [-0.2, -0.15) is 0 Å². The summed E-state index contributed by atoms with van der Waals surface area (Å²) in [7, 11) is 3.12. The molecule has 1 aromatic carbocycles. The third kappa shape index (κ3) is 4.32. The molecule has 4 nitrogen and oxygen atoms in total. The number of rotatable bonds is 7. The molecule has 1 N–H and O–H groups in total. The van der Waals surface area contributed by atoms with Crippen LogP contribution in [0.5, 0.6) is 11.5 Å². The molecule has 0 amide bonds. The van der Waals surface area contributed by atoms with Crippen LogP contribution in [0.1, 0.15) is 31.7 Å². The van der Waals surface area contributed by atoms with Crippen LogP contribution in [0.3, 0.4) is 0 Å². The van der Waals surface area contributed by atoms with E-state index in [1.807, 2.05) is 13.0 Å². The van der Waals surface area contributed by atoms with Crippen molar-refractivity contribution in [1.29, 1.82) is 0 Å². The van der Waals surface area contributed by atoms with Crippen molar-refractivity contribution >= 4 is 12.0 Å². The Balaban J connectivity index is 3.03. The third-order valence-corrected chi connectivity index (χ3v) is 2.82. The van der Waals surface area contributed by atoms with Crippen LogP contribution < -0.4 is 9.47 Å². The largest absolute Gasteiger partial charge is 0.493 e. The molecule has 0 aliphatic heterocycles. The van der Waals surface area contributed by atoms with Crippen molar-refractivity contribution in [2.45, 2.75) is 26.2 Å². The predicted octanol–water partition coefficient (Wildman–Crippen LogP) is 3.36. The van der Waals surface area contributed by atoms with E-state index in [-0.39, 0.29) is 0 Å². The Hall–Kier alpha value is -1.97. The summed E-state index contributed by atoms with van der Waals surface area (Å²) < 4.78 is 10.3. The van der Waals surface area contributed by atoms with Gasteiger partial charge in [0, 0.05) is 5.57 Å². The average Bonchev–Trinajstić information content (AvgIpc) is 2.42. The Morgan fingerprint density at radius 1 is 1.26 bits per heavy atom. The molecule has 0 radical (unpaired) electrons. The van der Waals surface area contributed by atoms with Crippen LogP contribution in [-0.2, 0) is 4.79 Å². The zero-order valence-corrected chi connectivity index (χ0v) is 11.6. The maximum Gasteiger partial charge on any atom is 0.331 e. The van der Waals surface area contributed by atoms with Gasteiger partial charge in [-0.3, -0.25) is 0 Å². The van der Waals surface area contributed by atoms with Gasteiger partial charge in [0.2, 0.25) is 0 Å². The zero-order chi connectivity index (χ0) is 14.3. The number of carboxylic acids is 1. The summed E-state index contributed by atoms with van der Waals surface area (Å²) in [5.74, 6) is 0.352. The molecular weight excluding hydrogens is 244 g/mol. The van der Waals surface area contributed by atoms with Gasteiger partial charge in [0.1, 0.15) is 0 Å². The first kappa shape index (κ1) is 15.1. The number of hydrogen-bond acceptors (Lipinski definition) is 3. The smallest absolute Gasteiger partial charge is 0.331 e. The van der Waals surface area contributed by atoms with Crippen molar-refractivity contribution in [3.05, 3.63) is 29.3 Å². The first-order valence-electron chi connectivity index (χ1n) is 6.28. The minimum absolute atomic E-state index is 0.411. The van der Waals surface area contributed by atoms with E-state index in [0.29, 0.717) is 23.5 Å². The fraction of sp³-hybridized carbons (Fsp3) is 0.400. The normalized spacial score (nSPS) is 11.2. The van der Waals surface area contributed by atoms with Crippen molar-refractivity contribution in [2.75, 3.05) is 14.2 Å². The lowest BCUT2D eigenvalue weighted by Crippen LogP contribution is -2.00. The van der Waals surface area contributed by atoms with Crippen LogP contribution in [0.4, 0.5) is 0 Å². The number of carboxylic acid groups (broad SMARTS) is 1. The first-order valence-corrected chi connectivity index (χ1v) is 6.28. The number of ether oxygens (including phenoxy) is 2. The summed E-state index contributed by atoms with van der Waals surface area (Å²) in [5.41, 5.74) is 1.21. The number of methoxy groups -OCH3 is 2. The highest BCUT2D eigenvalue weighted by molar-refractivity contribution is 5.92. The van der Waals surface area contributed by atoms with E-state index in [1.54, 1.807) is 32.4 Å². The monoisotopic (exact) mass is 264 g/mol. The van der Waals surface area contributed by atoms with Crippen molar-refractivity contribution < 1.29 is 19.4 Å². The highest BCUT2D eigenvalue weighted by Gasteiger charge is 2.08. The summed E-state index contributed by atoms with van der Waals surface area (Å²) >= 11 is 0. The summed E-state index contributed by atoms with van der Waals surface area (Å²) in [5, 5.41) is 9.16. The fourth-order valence-corrected chi connectivity index (χ4v) is 1.75. The Bertz CT molecular complexity index is 463. The minimum atomic E-state index is -0.872. The van der Waals surface area contributed by atoms with Crippen LogP contribution in [0.15, 0.2) is 23.8 Å². The number of benzene rings is 1. The molecule has 4 heteroatoms. The molecule has 1 aromatic rings. The van der Waals surface area contributed by atoms with Gasteiger partial charge in [0.15, 0.2) is 11.5 Å². The molecule has 0 aliphatic carbocycles. The predicted molar refractivity (Wildman–Crippen MR) is 74.7 cm³/mol. The van der Waals surface area contributed by atoms with E-state index < -0.39 is 5.97 Å². The molecule has 1 rings (SSSR count). The third-order valence-electron chi connectivity index (χ3n) is 2.82. The maximum atomic E-state index is 11.2. The molecule has 0 fully saturated rings.